The zero-order chi connectivity index (χ0) is 7.56. The summed E-state index contributed by atoms with van der Waals surface area (Å²) in [5.41, 5.74) is 0.0851. The van der Waals surface area contributed by atoms with Crippen molar-refractivity contribution in [1.29, 1.82) is 0 Å². The molecule has 0 aromatic carbocycles. The molecular formula is C4H2BrN3O2. The van der Waals surface area contributed by atoms with Crippen LogP contribution in [0.3, 0.4) is 0 Å². The average Bonchev–Trinajstić information content (AvgIpc) is 2.34. The number of H-pyrrole nitrogens is 1. The summed E-state index contributed by atoms with van der Waals surface area (Å²) < 4.78 is 0.472. The smallest absolute Gasteiger partial charge is 0.272 e. The number of carbonyl (C=O) groups excluding carboxylic acids is 1. The molecule has 0 unspecified atom stereocenters. The van der Waals surface area contributed by atoms with Crippen molar-refractivity contribution in [2.24, 2.45) is 5.18 Å². The first-order valence-corrected chi connectivity index (χ1v) is 3.12. The highest BCUT2D eigenvalue weighted by Gasteiger charge is 2.07. The molecular weight excluding hydrogens is 202 g/mol. The Labute approximate surface area is 63.9 Å². The Morgan fingerprint density at radius 1 is 1.80 bits per heavy atom. The zero-order valence-corrected chi connectivity index (χ0v) is 6.25. The third-order valence-electron chi connectivity index (χ3n) is 0.860. The van der Waals surface area contributed by atoms with Gasteiger partial charge in [0.25, 0.3) is 0 Å². The first kappa shape index (κ1) is 7.07. The Morgan fingerprint density at radius 2 is 2.50 bits per heavy atom. The van der Waals surface area contributed by atoms with E-state index in [0.717, 1.165) is 0 Å². The van der Waals surface area contributed by atoms with E-state index < -0.39 is 5.91 Å². The summed E-state index contributed by atoms with van der Waals surface area (Å²) in [5.74, 6) is -0.849. The van der Waals surface area contributed by atoms with Crippen LogP contribution in [0.25, 0.3) is 0 Å². The molecule has 5 nitrogen and oxygen atoms in total. The van der Waals surface area contributed by atoms with Gasteiger partial charge in [-0.25, -0.2) is 0 Å². The van der Waals surface area contributed by atoms with Crippen LogP contribution >= 0.6 is 15.9 Å². The Bertz CT molecular complexity index is 269. The summed E-state index contributed by atoms with van der Waals surface area (Å²) in [6, 6.07) is 1.38. The Kier molecular flexibility index (Phi) is 1.91. The average molecular weight is 204 g/mol. The molecule has 10 heavy (non-hydrogen) atoms. The van der Waals surface area contributed by atoms with Gasteiger partial charge in [-0.1, -0.05) is 0 Å². The summed E-state index contributed by atoms with van der Waals surface area (Å²) in [6.45, 7) is 0. The molecule has 6 heteroatoms. The van der Waals surface area contributed by atoms with Gasteiger partial charge < -0.3 is 0 Å². The van der Waals surface area contributed by atoms with E-state index in [9.17, 15) is 9.70 Å². The number of aromatic amines is 1. The number of halogens is 1. The summed E-state index contributed by atoms with van der Waals surface area (Å²) >= 11 is 2.99. The molecule has 0 saturated carbocycles. The van der Waals surface area contributed by atoms with Crippen LogP contribution in [0.15, 0.2) is 15.8 Å². The second-order valence-corrected chi connectivity index (χ2v) is 2.31. The van der Waals surface area contributed by atoms with Crippen molar-refractivity contribution < 1.29 is 4.79 Å². The first-order chi connectivity index (χ1) is 4.74. The maximum Gasteiger partial charge on any atom is 0.334 e. The van der Waals surface area contributed by atoms with Crippen molar-refractivity contribution in [3.05, 3.63) is 21.3 Å². The van der Waals surface area contributed by atoms with Gasteiger partial charge in [-0.05, 0) is 15.9 Å². The number of nitrogens with one attached hydrogen (secondary N) is 1. The number of carbonyl (C=O) groups is 1. The van der Waals surface area contributed by atoms with Crippen molar-refractivity contribution in [3.63, 3.8) is 0 Å². The molecule has 52 valence electrons. The molecule has 1 aromatic heterocycles. The Balaban J connectivity index is 2.95. The van der Waals surface area contributed by atoms with Crippen LogP contribution in [0.4, 0.5) is 0 Å². The van der Waals surface area contributed by atoms with Crippen molar-refractivity contribution in [2.75, 3.05) is 0 Å². The molecule has 1 heterocycles. The van der Waals surface area contributed by atoms with Gasteiger partial charge in [0.05, 0.1) is 0 Å². The van der Waals surface area contributed by atoms with Gasteiger partial charge in [-0.2, -0.15) is 5.10 Å². The quantitative estimate of drug-likeness (QED) is 0.695. The third kappa shape index (κ3) is 1.27. The van der Waals surface area contributed by atoms with E-state index >= 15 is 0 Å². The summed E-state index contributed by atoms with van der Waals surface area (Å²) in [4.78, 5) is 20.1. The summed E-state index contributed by atoms with van der Waals surface area (Å²) in [6.07, 6.45) is 0. The number of nitroso groups, excluding NO2 is 1. The molecule has 0 radical (unpaired) electrons. The molecule has 0 saturated heterocycles. The number of nitrogens with zero attached hydrogens (tertiary/aromatic N) is 2. The molecule has 1 aromatic rings. The number of rotatable bonds is 1. The fourth-order valence-electron chi connectivity index (χ4n) is 0.456. The van der Waals surface area contributed by atoms with Crippen LogP contribution in [0, 0.1) is 4.91 Å². The van der Waals surface area contributed by atoms with E-state index in [4.69, 9.17) is 0 Å². The van der Waals surface area contributed by atoms with E-state index in [1.807, 2.05) is 0 Å². The van der Waals surface area contributed by atoms with Crippen LogP contribution in [-0.2, 0) is 0 Å². The second kappa shape index (κ2) is 2.70. The standard InChI is InChI=1S/C4H2BrN3O2/c5-3-1-2(6-7-3)4(9)8-10/h1H,(H,6,7). The molecule has 0 bridgehead atoms. The number of hydrogen-bond donors (Lipinski definition) is 1. The minimum atomic E-state index is -0.849. The molecule has 1 rings (SSSR count). The van der Waals surface area contributed by atoms with Crippen LogP contribution in [0.2, 0.25) is 0 Å². The van der Waals surface area contributed by atoms with E-state index in [-0.39, 0.29) is 5.69 Å². The second-order valence-electron chi connectivity index (χ2n) is 1.50. The van der Waals surface area contributed by atoms with E-state index in [1.165, 1.54) is 6.07 Å². The van der Waals surface area contributed by atoms with E-state index in [1.54, 1.807) is 0 Å². The Morgan fingerprint density at radius 3 is 2.90 bits per heavy atom. The lowest BCUT2D eigenvalue weighted by Crippen LogP contribution is -1.92. The van der Waals surface area contributed by atoms with Gasteiger partial charge in [-0.3, -0.25) is 9.89 Å². The third-order valence-corrected chi connectivity index (χ3v) is 1.27. The summed E-state index contributed by atoms with van der Waals surface area (Å²) in [7, 11) is 0. The van der Waals surface area contributed by atoms with Gasteiger partial charge in [0.1, 0.15) is 10.3 Å². The lowest BCUT2D eigenvalue weighted by Gasteiger charge is -1.77. The van der Waals surface area contributed by atoms with Gasteiger partial charge in [0, 0.05) is 11.2 Å². The fraction of sp³-hybridized carbons (Fsp3) is 0. The molecule has 0 fully saturated rings. The molecule has 0 aliphatic carbocycles. The van der Waals surface area contributed by atoms with Crippen LogP contribution in [-0.4, -0.2) is 16.1 Å². The normalized spacial score (nSPS) is 9.30. The number of aromatic nitrogens is 2. The summed E-state index contributed by atoms with van der Waals surface area (Å²) in [5, 5.41) is 8.06. The number of hydrogen-bond acceptors (Lipinski definition) is 3. The first-order valence-electron chi connectivity index (χ1n) is 2.32. The van der Waals surface area contributed by atoms with E-state index in [0.29, 0.717) is 4.60 Å². The Hall–Kier alpha value is -1.04. The highest BCUT2D eigenvalue weighted by molar-refractivity contribution is 9.10. The van der Waals surface area contributed by atoms with Crippen molar-refractivity contribution >= 4 is 21.8 Å². The van der Waals surface area contributed by atoms with E-state index in [2.05, 4.69) is 31.3 Å². The molecule has 0 aliphatic heterocycles. The minimum absolute atomic E-state index is 0.0851. The molecule has 0 atom stereocenters. The molecule has 0 spiro atoms. The van der Waals surface area contributed by atoms with Gasteiger partial charge in [0.15, 0.2) is 0 Å². The fourth-order valence-corrected chi connectivity index (χ4v) is 0.774. The van der Waals surface area contributed by atoms with Crippen molar-refractivity contribution in [1.82, 2.24) is 10.2 Å². The zero-order valence-electron chi connectivity index (χ0n) is 4.67. The largest absolute Gasteiger partial charge is 0.334 e. The van der Waals surface area contributed by atoms with Crippen LogP contribution < -0.4 is 0 Å². The van der Waals surface area contributed by atoms with Crippen LogP contribution in [0.5, 0.6) is 0 Å². The predicted molar refractivity (Wildman–Crippen MR) is 36.4 cm³/mol. The van der Waals surface area contributed by atoms with Crippen LogP contribution in [0.1, 0.15) is 10.5 Å². The number of amides is 1. The van der Waals surface area contributed by atoms with Gasteiger partial charge >= 0.3 is 5.91 Å². The predicted octanol–water partition coefficient (Wildman–Crippen LogP) is 1.08. The molecule has 1 N–H and O–H groups in total. The highest BCUT2D eigenvalue weighted by atomic mass is 79.9. The monoisotopic (exact) mass is 203 g/mol. The van der Waals surface area contributed by atoms with Gasteiger partial charge in [0.2, 0.25) is 0 Å². The SMILES string of the molecule is O=NC(=O)c1cc(Br)n[nH]1. The van der Waals surface area contributed by atoms with Crippen molar-refractivity contribution in [2.45, 2.75) is 0 Å². The highest BCUT2D eigenvalue weighted by Crippen LogP contribution is 2.06. The topological polar surface area (TPSA) is 75.2 Å². The maximum absolute atomic E-state index is 10.5. The van der Waals surface area contributed by atoms with Gasteiger partial charge in [-0.15, -0.1) is 4.91 Å². The lowest BCUT2D eigenvalue weighted by molar-refractivity contribution is 0.0996. The lowest BCUT2D eigenvalue weighted by atomic mass is 10.4. The molecule has 1 amide bonds. The van der Waals surface area contributed by atoms with Crippen molar-refractivity contribution in [3.8, 4) is 0 Å². The maximum atomic E-state index is 10.5. The molecule has 0 aliphatic rings. The minimum Gasteiger partial charge on any atom is -0.272 e.